The van der Waals surface area contributed by atoms with Gasteiger partial charge in [0.2, 0.25) is 0 Å². The van der Waals surface area contributed by atoms with Crippen molar-refractivity contribution in [3.05, 3.63) is 22.0 Å². The zero-order valence-electron chi connectivity index (χ0n) is 11.5. The summed E-state index contributed by atoms with van der Waals surface area (Å²) in [4.78, 5) is 0. The van der Waals surface area contributed by atoms with Crippen molar-refractivity contribution >= 4 is 15.4 Å². The zero-order valence-corrected chi connectivity index (χ0v) is 15.2. The van der Waals surface area contributed by atoms with Crippen molar-refractivity contribution < 1.29 is 55.8 Å². The second-order valence-corrected chi connectivity index (χ2v) is 5.48. The summed E-state index contributed by atoms with van der Waals surface area (Å²) >= 11 is 0. The molecular weight excluding hydrogens is 331 g/mol. The van der Waals surface area contributed by atoms with E-state index in [0.717, 1.165) is 0 Å². The van der Waals surface area contributed by atoms with Gasteiger partial charge in [0.05, 0.1) is 12.7 Å². The molecule has 1 heterocycles. The van der Waals surface area contributed by atoms with Gasteiger partial charge in [-0.15, -0.1) is 0 Å². The standard InChI is InChI=1S/C8H15BO5P.2CH3.Y/c1-11-6-4-8(9)14-7(6)5-13-15(3,10)12-2;;;/h6-8H,2,4-5H2,1,3H3;2*1H3;/q3*-1;+3. The summed E-state index contributed by atoms with van der Waals surface area (Å²) in [5.74, 6) is 0. The van der Waals surface area contributed by atoms with E-state index in [1.807, 2.05) is 0 Å². The molecule has 1 fully saturated rings. The van der Waals surface area contributed by atoms with Crippen molar-refractivity contribution in [2.24, 2.45) is 0 Å². The minimum absolute atomic E-state index is 0. The molecule has 0 N–H and O–H groups in total. The maximum absolute atomic E-state index is 11.4. The van der Waals surface area contributed by atoms with Crippen LogP contribution in [0, 0.1) is 22.0 Å². The van der Waals surface area contributed by atoms with E-state index in [0.29, 0.717) is 6.42 Å². The van der Waals surface area contributed by atoms with Gasteiger partial charge < -0.3 is 33.4 Å². The quantitative estimate of drug-likeness (QED) is 0.429. The Hall–Kier alpha value is 1.24. The maximum Gasteiger partial charge on any atom is 3.00 e. The average molecular weight is 352 g/mol. The summed E-state index contributed by atoms with van der Waals surface area (Å²) in [6.07, 6.45) is 0.155. The van der Waals surface area contributed by atoms with Crippen LogP contribution in [0.3, 0.4) is 0 Å². The van der Waals surface area contributed by atoms with Gasteiger partial charge in [-0.1, -0.05) is 0 Å². The summed E-state index contributed by atoms with van der Waals surface area (Å²) < 4.78 is 31.4. The fourth-order valence-corrected chi connectivity index (χ4v) is 1.88. The predicted octanol–water partition coefficient (Wildman–Crippen LogP) is 1.83. The maximum atomic E-state index is 11.4. The van der Waals surface area contributed by atoms with E-state index in [9.17, 15) is 4.57 Å². The van der Waals surface area contributed by atoms with Crippen molar-refractivity contribution in [1.29, 1.82) is 0 Å². The fourth-order valence-electron chi connectivity index (χ4n) is 1.39. The first kappa shape index (κ1) is 24.3. The molecule has 0 spiro atoms. The van der Waals surface area contributed by atoms with E-state index in [1.165, 1.54) is 6.66 Å². The summed E-state index contributed by atoms with van der Waals surface area (Å²) in [7, 11) is 7.17. The minimum atomic E-state index is -3.07. The second-order valence-electron chi connectivity index (χ2n) is 3.42. The molecule has 1 aliphatic rings. The van der Waals surface area contributed by atoms with Crippen molar-refractivity contribution in [3.8, 4) is 0 Å². The first-order chi connectivity index (χ1) is 6.98. The second kappa shape index (κ2) is 11.0. The summed E-state index contributed by atoms with van der Waals surface area (Å²) in [6.45, 7) is 1.46. The minimum Gasteiger partial charge on any atom is -0.489 e. The van der Waals surface area contributed by atoms with E-state index in [1.54, 1.807) is 7.11 Å². The van der Waals surface area contributed by atoms with Gasteiger partial charge in [-0.2, -0.15) is 0 Å². The number of rotatable bonds is 5. The molecule has 5 nitrogen and oxygen atoms in total. The van der Waals surface area contributed by atoms with E-state index in [-0.39, 0.29) is 72.4 Å². The molecule has 0 aromatic carbocycles. The van der Waals surface area contributed by atoms with Crippen LogP contribution in [-0.4, -0.2) is 46.4 Å². The van der Waals surface area contributed by atoms with Crippen molar-refractivity contribution in [2.75, 3.05) is 20.4 Å². The van der Waals surface area contributed by atoms with Gasteiger partial charge in [0.25, 0.3) is 7.60 Å². The van der Waals surface area contributed by atoms with Crippen molar-refractivity contribution in [3.63, 3.8) is 0 Å². The Bertz CT molecular complexity index is 256. The largest absolute Gasteiger partial charge is 3.00 e. The van der Waals surface area contributed by atoms with Crippen LogP contribution in [0.15, 0.2) is 0 Å². The third kappa shape index (κ3) is 7.74. The predicted molar refractivity (Wildman–Crippen MR) is 68.6 cm³/mol. The molecule has 2 radical (unpaired) electrons. The van der Waals surface area contributed by atoms with Crippen LogP contribution in [0.5, 0.6) is 0 Å². The van der Waals surface area contributed by atoms with Crippen molar-refractivity contribution in [1.82, 2.24) is 0 Å². The molecular formula is C10H21BO5PY. The van der Waals surface area contributed by atoms with Gasteiger partial charge >= 0.3 is 32.7 Å². The zero-order chi connectivity index (χ0) is 11.5. The molecule has 4 atom stereocenters. The van der Waals surface area contributed by atoms with Crippen LogP contribution in [0.2, 0.25) is 0 Å². The first-order valence-electron chi connectivity index (χ1n) is 4.58. The molecule has 18 heavy (non-hydrogen) atoms. The Morgan fingerprint density at radius 3 is 2.50 bits per heavy atom. The van der Waals surface area contributed by atoms with Crippen molar-refractivity contribution in [2.45, 2.75) is 24.6 Å². The van der Waals surface area contributed by atoms with Crippen LogP contribution in [0.25, 0.3) is 0 Å². The summed E-state index contributed by atoms with van der Waals surface area (Å²) in [5, 5.41) is 0. The molecule has 0 bridgehead atoms. The third-order valence-corrected chi connectivity index (χ3v) is 3.33. The summed E-state index contributed by atoms with van der Waals surface area (Å²) in [6, 6.07) is -0.361. The van der Waals surface area contributed by atoms with Crippen LogP contribution < -0.4 is 0 Å². The Kier molecular flexibility index (Phi) is 14.8. The first-order valence-corrected chi connectivity index (χ1v) is 6.57. The van der Waals surface area contributed by atoms with E-state index in [4.69, 9.17) is 21.8 Å². The van der Waals surface area contributed by atoms with Gasteiger partial charge in [-0.3, -0.25) is 4.57 Å². The monoisotopic (exact) mass is 352 g/mol. The number of methoxy groups -OCH3 is 1. The van der Waals surface area contributed by atoms with Gasteiger partial charge in [-0.05, 0) is 6.42 Å². The average Bonchev–Trinajstić information content (AvgIpc) is 2.56. The molecule has 0 amide bonds. The molecule has 4 unspecified atom stereocenters. The molecule has 102 valence electrons. The van der Waals surface area contributed by atoms with Crippen LogP contribution in [-0.2, 0) is 55.8 Å². The molecule has 0 aromatic rings. The Labute approximate surface area is 137 Å². The van der Waals surface area contributed by atoms with E-state index < -0.39 is 7.60 Å². The molecule has 8 heteroatoms. The SMILES string of the molecule is [B]C1CC(OC)C(COP(C)(=O)O[CH2-])O1.[CH3-].[CH3-].[Y+3]. The number of hydrogen-bond acceptors (Lipinski definition) is 5. The molecule has 0 aliphatic carbocycles. The van der Waals surface area contributed by atoms with Gasteiger partial charge in [0.15, 0.2) is 0 Å². The Balaban J connectivity index is -0.000000750. The smallest absolute Gasteiger partial charge is 0.489 e. The fraction of sp³-hybridized carbons (Fsp3) is 0.700. The Morgan fingerprint density at radius 1 is 1.50 bits per heavy atom. The van der Waals surface area contributed by atoms with E-state index in [2.05, 4.69) is 11.6 Å². The van der Waals surface area contributed by atoms with Gasteiger partial charge in [-0.25, -0.2) is 7.11 Å². The van der Waals surface area contributed by atoms with Gasteiger partial charge in [0, 0.05) is 19.8 Å². The number of hydrogen-bond donors (Lipinski definition) is 0. The molecule has 1 rings (SSSR count). The Morgan fingerprint density at radius 2 is 2.06 bits per heavy atom. The van der Waals surface area contributed by atoms with Crippen LogP contribution >= 0.6 is 7.60 Å². The molecule has 1 aliphatic heterocycles. The van der Waals surface area contributed by atoms with Crippen LogP contribution in [0.1, 0.15) is 6.42 Å². The molecule has 1 saturated heterocycles. The third-order valence-electron chi connectivity index (χ3n) is 2.24. The topological polar surface area (TPSA) is 54.0 Å². The van der Waals surface area contributed by atoms with Crippen LogP contribution in [0.4, 0.5) is 0 Å². The summed E-state index contributed by atoms with van der Waals surface area (Å²) in [5.41, 5.74) is 0. The molecule has 0 aromatic heterocycles. The molecule has 0 saturated carbocycles. The van der Waals surface area contributed by atoms with Gasteiger partial charge in [0.1, 0.15) is 14.0 Å². The normalized spacial score (nSPS) is 29.4. The van der Waals surface area contributed by atoms with E-state index >= 15 is 0 Å². The number of ether oxygens (including phenoxy) is 2.